The van der Waals surface area contributed by atoms with E-state index < -0.39 is 28.1 Å². The van der Waals surface area contributed by atoms with E-state index in [1.807, 2.05) is 0 Å². The van der Waals surface area contributed by atoms with Crippen LogP contribution in [0.3, 0.4) is 0 Å². The monoisotopic (exact) mass is 729 g/mol. The molecule has 0 aliphatic rings. The molecule has 6 aromatic carbocycles. The second-order valence-corrected chi connectivity index (χ2v) is 22.6. The minimum atomic E-state index is -1.73. The number of hydrogen-bond acceptors (Lipinski definition) is 3. The van der Waals surface area contributed by atoms with Crippen molar-refractivity contribution in [1.82, 2.24) is 0 Å². The maximum absolute atomic E-state index is 7.68. The fourth-order valence-electron chi connectivity index (χ4n) is 7.32. The summed E-state index contributed by atoms with van der Waals surface area (Å²) in [5.74, 6) is 2.97. The van der Waals surface area contributed by atoms with Gasteiger partial charge in [-0.3, -0.25) is 9.88 Å². The predicted octanol–water partition coefficient (Wildman–Crippen LogP) is 13.8. The summed E-state index contributed by atoms with van der Waals surface area (Å²) in [4.78, 5) is 2.41. The summed E-state index contributed by atoms with van der Waals surface area (Å²) in [5, 5.41) is 6.98. The minimum Gasteiger partial charge on any atom is -0.407 e. The molecule has 1 heterocycles. The molecule has 0 N–H and O–H groups in total. The van der Waals surface area contributed by atoms with Gasteiger partial charge in [-0.15, -0.1) is 0 Å². The van der Waals surface area contributed by atoms with Gasteiger partial charge in [0.05, 0.1) is 0 Å². The van der Waals surface area contributed by atoms with Crippen molar-refractivity contribution in [1.29, 1.82) is 0 Å². The van der Waals surface area contributed by atoms with Crippen LogP contribution >= 0.6 is 28.1 Å². The van der Waals surface area contributed by atoms with E-state index >= 15 is 0 Å². The molecule has 4 atom stereocenters. The van der Waals surface area contributed by atoms with Gasteiger partial charge in [-0.2, -0.15) is 4.67 Å². The van der Waals surface area contributed by atoms with Gasteiger partial charge in [0, 0.05) is 32.6 Å². The van der Waals surface area contributed by atoms with Crippen LogP contribution in [0.1, 0.15) is 57.8 Å². The lowest BCUT2D eigenvalue weighted by Crippen LogP contribution is -2.27. The van der Waals surface area contributed by atoms with Crippen LogP contribution in [0.15, 0.2) is 140 Å². The lowest BCUT2D eigenvalue weighted by atomic mass is 9.98. The SMILES string of the molecule is [B]S(C)(CC)c1cc2ccccc2c2c1op(N([C@H](C)c1ccccc1)[C@H](C)c1ccccc1)oc1c(S(C)(CC)CC)cc3ccccc3c12. The Bertz CT molecular complexity index is 2330. The summed E-state index contributed by atoms with van der Waals surface area (Å²) in [5.41, 5.74) is 4.28. The maximum Gasteiger partial charge on any atom is 0.310 e. The van der Waals surface area contributed by atoms with E-state index in [1.165, 1.54) is 32.2 Å². The topological polar surface area (TPSA) is 29.5 Å². The smallest absolute Gasteiger partial charge is 0.310 e. The highest BCUT2D eigenvalue weighted by Crippen LogP contribution is 2.60. The highest BCUT2D eigenvalue weighted by molar-refractivity contribution is 8.49. The van der Waals surface area contributed by atoms with Crippen molar-refractivity contribution in [3.63, 3.8) is 0 Å². The molecular weight excluding hydrogens is 680 g/mol. The zero-order valence-electron chi connectivity index (χ0n) is 30.9. The molecule has 2 unspecified atom stereocenters. The molecule has 0 fully saturated rings. The maximum atomic E-state index is 7.68. The first kappa shape index (κ1) is 35.8. The molecule has 0 aliphatic carbocycles. The largest absolute Gasteiger partial charge is 0.407 e. The van der Waals surface area contributed by atoms with Gasteiger partial charge >= 0.3 is 8.16 Å². The number of nitrogens with zero attached hydrogens (tertiary/aromatic N) is 1. The summed E-state index contributed by atoms with van der Waals surface area (Å²) < 4.78 is 17.8. The molecule has 0 amide bonds. The highest BCUT2D eigenvalue weighted by Gasteiger charge is 2.32. The third-order valence-electron chi connectivity index (χ3n) is 11.0. The van der Waals surface area contributed by atoms with Crippen LogP contribution in [0.2, 0.25) is 0 Å². The molecule has 0 saturated heterocycles. The molecule has 51 heavy (non-hydrogen) atoms. The first-order chi connectivity index (χ1) is 24.6. The lowest BCUT2D eigenvalue weighted by Gasteiger charge is -2.35. The Hall–Kier alpha value is -3.54. The Morgan fingerprint density at radius 1 is 0.588 bits per heavy atom. The van der Waals surface area contributed by atoms with Crippen LogP contribution in [-0.4, -0.2) is 36.9 Å². The van der Waals surface area contributed by atoms with E-state index in [4.69, 9.17) is 15.5 Å². The van der Waals surface area contributed by atoms with E-state index in [0.29, 0.717) is 0 Å². The van der Waals surface area contributed by atoms with Crippen LogP contribution < -0.4 is 4.67 Å². The molecule has 0 saturated carbocycles. The van der Waals surface area contributed by atoms with Crippen LogP contribution in [-0.2, 0) is 0 Å². The Morgan fingerprint density at radius 2 is 1.00 bits per heavy atom. The van der Waals surface area contributed by atoms with Gasteiger partial charge in [0.2, 0.25) is 0 Å². The van der Waals surface area contributed by atoms with Crippen LogP contribution in [0.5, 0.6) is 0 Å². The van der Waals surface area contributed by atoms with Crippen molar-refractivity contribution in [2.75, 3.05) is 34.4 Å². The average molecular weight is 730 g/mol. The van der Waals surface area contributed by atoms with E-state index in [1.54, 1.807) is 0 Å². The number of fused-ring (bicyclic) bond motifs is 7. The zero-order valence-corrected chi connectivity index (χ0v) is 33.5. The van der Waals surface area contributed by atoms with Crippen LogP contribution in [0.4, 0.5) is 0 Å². The molecule has 7 rings (SSSR count). The van der Waals surface area contributed by atoms with Crippen LogP contribution in [0, 0.1) is 0 Å². The molecule has 1 aromatic heterocycles. The molecule has 262 valence electrons. The second kappa shape index (κ2) is 14.5. The average Bonchev–Trinajstić information content (AvgIpc) is 3.35. The summed E-state index contributed by atoms with van der Waals surface area (Å²) >= 11 is 0. The minimum absolute atomic E-state index is 0.0100. The lowest BCUT2D eigenvalue weighted by molar-refractivity contribution is 0.555. The fourth-order valence-corrected chi connectivity index (χ4v) is 12.5. The van der Waals surface area contributed by atoms with Crippen molar-refractivity contribution in [3.8, 4) is 0 Å². The number of benzene rings is 6. The van der Waals surface area contributed by atoms with Crippen LogP contribution in [0.25, 0.3) is 43.5 Å². The van der Waals surface area contributed by atoms with Gasteiger partial charge in [0.15, 0.2) is 11.2 Å². The molecule has 7 aromatic rings. The number of rotatable bonds is 10. The van der Waals surface area contributed by atoms with E-state index in [0.717, 1.165) is 49.5 Å². The normalized spacial score (nSPS) is 16.0. The Morgan fingerprint density at radius 3 is 1.45 bits per heavy atom. The Balaban J connectivity index is 1.77. The van der Waals surface area contributed by atoms with Gasteiger partial charge in [-0.05, 0) is 88.4 Å². The third-order valence-corrected chi connectivity index (χ3v) is 19.1. The molecule has 0 bridgehead atoms. The van der Waals surface area contributed by atoms with Crippen molar-refractivity contribution in [2.45, 2.75) is 56.5 Å². The summed E-state index contributed by atoms with van der Waals surface area (Å²) in [6, 6.07) is 43.8. The van der Waals surface area contributed by atoms with Crippen molar-refractivity contribution in [3.05, 3.63) is 132 Å². The van der Waals surface area contributed by atoms with Gasteiger partial charge < -0.3 is 8.39 Å². The summed E-state index contributed by atoms with van der Waals surface area (Å²) in [7, 11) is 2.68. The van der Waals surface area contributed by atoms with Gasteiger partial charge in [0.1, 0.15) is 7.12 Å². The molecule has 0 spiro atoms. The van der Waals surface area contributed by atoms with Gasteiger partial charge in [-0.1, -0.05) is 130 Å². The fraction of sp³-hybridized carbons (Fsp3) is 0.273. The highest BCUT2D eigenvalue weighted by atomic mass is 32.3. The van der Waals surface area contributed by atoms with Crippen molar-refractivity contribution >= 4 is 78.7 Å². The van der Waals surface area contributed by atoms with E-state index in [2.05, 4.69) is 173 Å². The predicted molar refractivity (Wildman–Crippen MR) is 230 cm³/mol. The summed E-state index contributed by atoms with van der Waals surface area (Å²) in [6.07, 6.45) is 4.69. The zero-order chi connectivity index (χ0) is 35.9. The molecule has 7 heteroatoms. The Kier molecular flexibility index (Phi) is 10.2. The van der Waals surface area contributed by atoms with E-state index in [-0.39, 0.29) is 12.1 Å². The second-order valence-electron chi connectivity index (χ2n) is 13.9. The van der Waals surface area contributed by atoms with Gasteiger partial charge in [0.25, 0.3) is 0 Å². The van der Waals surface area contributed by atoms with Crippen molar-refractivity contribution in [2.24, 2.45) is 0 Å². The number of hydrogen-bond donors (Lipinski definition) is 0. The molecular formula is C44H49BNO2PS2. The first-order valence-corrected chi connectivity index (χ1v) is 23.8. The van der Waals surface area contributed by atoms with E-state index in [9.17, 15) is 0 Å². The standard InChI is InChI=1S/C44H49BNO2PS2/c1-8-50(6,9-2)39-29-35-25-17-19-27-37(35)41-42-38-28-20-18-26-36(38)30-40(51(7,45)10-3)44(42)48-49(47-43(39)41)46(31(4)33-21-13-11-14-22-33)32(5)34-23-15-12-16-24-34/h11-32H,8-10H2,1-7H3/t31-,32-,49?/m1/s1. The van der Waals surface area contributed by atoms with Gasteiger partial charge in [-0.25, -0.2) is 10.0 Å². The molecule has 2 radical (unpaired) electrons. The first-order valence-electron chi connectivity index (χ1n) is 18.1. The molecule has 0 aliphatic heterocycles. The quantitative estimate of drug-likeness (QED) is 0.131. The van der Waals surface area contributed by atoms with Crippen molar-refractivity contribution < 1.29 is 8.39 Å². The summed E-state index contributed by atoms with van der Waals surface area (Å²) in [6.45, 7) is 11.5. The third kappa shape index (κ3) is 6.44. The Labute approximate surface area is 309 Å². The molecule has 3 nitrogen and oxygen atoms in total.